The number of amides is 2. The summed E-state index contributed by atoms with van der Waals surface area (Å²) >= 11 is 12.5. The molecule has 40 heavy (non-hydrogen) atoms. The summed E-state index contributed by atoms with van der Waals surface area (Å²) in [5.41, 5.74) is 0.861. The molecule has 0 bridgehead atoms. The second-order valence-corrected chi connectivity index (χ2v) is 11.7. The number of nitro groups is 1. The molecule has 0 aliphatic heterocycles. The minimum atomic E-state index is -4.07. The van der Waals surface area contributed by atoms with Crippen molar-refractivity contribution in [1.82, 2.24) is 10.2 Å². The molecule has 1 atom stereocenters. The minimum absolute atomic E-state index is 0.0628. The SMILES string of the molecule is CCNC(=O)[C@@H](Cc1ccccc1)N(Cc1ccc(Cl)cc1Cl)C(=O)CN(c1cccc([N+](=O)[O-])c1)S(C)(=O)=O. The Hall–Kier alpha value is -3.67. The van der Waals surface area contributed by atoms with E-state index in [1.807, 2.05) is 18.2 Å². The molecule has 0 aliphatic carbocycles. The fraction of sp³-hybridized carbons (Fsp3) is 0.259. The topological polar surface area (TPSA) is 130 Å². The number of likely N-dealkylation sites (N-methyl/N-ethyl adjacent to an activating group) is 1. The zero-order valence-corrected chi connectivity index (χ0v) is 24.1. The van der Waals surface area contributed by atoms with E-state index in [1.54, 1.807) is 31.2 Å². The van der Waals surface area contributed by atoms with Gasteiger partial charge >= 0.3 is 0 Å². The Morgan fingerprint density at radius 3 is 2.33 bits per heavy atom. The molecule has 13 heteroatoms. The number of nitrogens with zero attached hydrogens (tertiary/aromatic N) is 3. The Labute approximate surface area is 242 Å². The second kappa shape index (κ2) is 13.6. The highest BCUT2D eigenvalue weighted by molar-refractivity contribution is 7.92. The van der Waals surface area contributed by atoms with Gasteiger partial charge in [-0.15, -0.1) is 0 Å². The number of halogens is 2. The Bertz CT molecular complexity index is 1490. The molecule has 0 unspecified atom stereocenters. The summed E-state index contributed by atoms with van der Waals surface area (Å²) in [5.74, 6) is -1.15. The van der Waals surface area contributed by atoms with E-state index in [-0.39, 0.29) is 29.4 Å². The Morgan fingerprint density at radius 1 is 1.02 bits per heavy atom. The largest absolute Gasteiger partial charge is 0.355 e. The molecule has 3 aromatic rings. The molecule has 0 saturated carbocycles. The van der Waals surface area contributed by atoms with Gasteiger partial charge in [-0.2, -0.15) is 0 Å². The summed E-state index contributed by atoms with van der Waals surface area (Å²) in [4.78, 5) is 39.2. The van der Waals surface area contributed by atoms with Gasteiger partial charge in [-0.05, 0) is 36.2 Å². The number of rotatable bonds is 12. The molecular formula is C27H28Cl2N4O6S. The molecule has 3 rings (SSSR count). The first-order valence-corrected chi connectivity index (χ1v) is 14.8. The number of sulfonamides is 1. The van der Waals surface area contributed by atoms with Gasteiger partial charge in [0, 0.05) is 41.7 Å². The Morgan fingerprint density at radius 2 is 1.73 bits per heavy atom. The summed E-state index contributed by atoms with van der Waals surface area (Å²) in [5, 5.41) is 14.7. The molecular weight excluding hydrogens is 579 g/mol. The van der Waals surface area contributed by atoms with Gasteiger partial charge in [0.05, 0.1) is 16.9 Å². The maximum Gasteiger partial charge on any atom is 0.271 e. The van der Waals surface area contributed by atoms with Crippen LogP contribution in [0.3, 0.4) is 0 Å². The quantitative estimate of drug-likeness (QED) is 0.239. The van der Waals surface area contributed by atoms with E-state index >= 15 is 0 Å². The van der Waals surface area contributed by atoms with Crippen molar-refractivity contribution < 1.29 is 22.9 Å². The first kappa shape index (κ1) is 30.9. The Balaban J connectivity index is 2.08. The van der Waals surface area contributed by atoms with Crippen LogP contribution in [0.15, 0.2) is 72.8 Å². The van der Waals surface area contributed by atoms with Crippen LogP contribution in [0, 0.1) is 10.1 Å². The number of nitrogens with one attached hydrogen (secondary N) is 1. The van der Waals surface area contributed by atoms with Crippen molar-refractivity contribution in [2.75, 3.05) is 23.7 Å². The van der Waals surface area contributed by atoms with Gasteiger partial charge in [0.1, 0.15) is 12.6 Å². The first-order valence-electron chi connectivity index (χ1n) is 12.2. The van der Waals surface area contributed by atoms with Gasteiger partial charge in [-0.1, -0.05) is 65.7 Å². The lowest BCUT2D eigenvalue weighted by atomic mass is 10.0. The summed E-state index contributed by atoms with van der Waals surface area (Å²) in [6.45, 7) is 1.20. The zero-order chi connectivity index (χ0) is 29.4. The molecule has 10 nitrogen and oxygen atoms in total. The summed E-state index contributed by atoms with van der Waals surface area (Å²) < 4.78 is 26.4. The third-order valence-electron chi connectivity index (χ3n) is 5.99. The Kier molecular flexibility index (Phi) is 10.5. The summed E-state index contributed by atoms with van der Waals surface area (Å²) in [7, 11) is -4.07. The van der Waals surface area contributed by atoms with Crippen LogP contribution < -0.4 is 9.62 Å². The predicted molar refractivity (Wildman–Crippen MR) is 155 cm³/mol. The smallest absolute Gasteiger partial charge is 0.271 e. The number of carbonyl (C=O) groups is 2. The molecule has 2 amide bonds. The fourth-order valence-electron chi connectivity index (χ4n) is 4.05. The zero-order valence-electron chi connectivity index (χ0n) is 21.8. The van der Waals surface area contributed by atoms with Crippen LogP contribution >= 0.6 is 23.2 Å². The molecule has 0 spiro atoms. The lowest BCUT2D eigenvalue weighted by molar-refractivity contribution is -0.384. The maximum absolute atomic E-state index is 14.0. The van der Waals surface area contributed by atoms with E-state index in [4.69, 9.17) is 23.2 Å². The molecule has 1 N–H and O–H groups in total. The molecule has 0 aromatic heterocycles. The average Bonchev–Trinajstić information content (AvgIpc) is 2.90. The van der Waals surface area contributed by atoms with E-state index in [0.29, 0.717) is 17.1 Å². The fourth-order valence-corrected chi connectivity index (χ4v) is 5.36. The van der Waals surface area contributed by atoms with Crippen molar-refractivity contribution in [3.8, 4) is 0 Å². The van der Waals surface area contributed by atoms with Crippen molar-refractivity contribution in [2.24, 2.45) is 0 Å². The van der Waals surface area contributed by atoms with Gasteiger partial charge in [-0.25, -0.2) is 8.42 Å². The van der Waals surface area contributed by atoms with E-state index in [2.05, 4.69) is 5.32 Å². The van der Waals surface area contributed by atoms with Crippen molar-refractivity contribution >= 4 is 56.4 Å². The van der Waals surface area contributed by atoms with E-state index < -0.39 is 39.3 Å². The van der Waals surface area contributed by atoms with Crippen LogP contribution in [0.1, 0.15) is 18.1 Å². The van der Waals surface area contributed by atoms with Crippen molar-refractivity contribution in [3.05, 3.63) is 104 Å². The standard InChI is InChI=1S/C27H28Cl2N4O6S/c1-3-30-27(35)25(14-19-8-5-4-6-9-19)31(17-20-12-13-21(28)15-24(20)29)26(34)18-32(40(2,38)39)22-10-7-11-23(16-22)33(36)37/h4-13,15-16,25H,3,14,17-18H2,1-2H3,(H,30,35)/t25-/m1/s1. The van der Waals surface area contributed by atoms with Crippen molar-refractivity contribution in [3.63, 3.8) is 0 Å². The molecule has 0 radical (unpaired) electrons. The van der Waals surface area contributed by atoms with Crippen LogP contribution in [0.4, 0.5) is 11.4 Å². The third-order valence-corrected chi connectivity index (χ3v) is 7.71. The highest BCUT2D eigenvalue weighted by Gasteiger charge is 2.33. The molecule has 3 aromatic carbocycles. The summed E-state index contributed by atoms with van der Waals surface area (Å²) in [6.07, 6.45) is 1.03. The van der Waals surface area contributed by atoms with E-state index in [9.17, 15) is 28.1 Å². The number of non-ortho nitro benzene ring substituents is 1. The van der Waals surface area contributed by atoms with Gasteiger partial charge in [0.15, 0.2) is 0 Å². The normalized spacial score (nSPS) is 11.9. The third kappa shape index (κ3) is 8.17. The lowest BCUT2D eigenvalue weighted by Crippen LogP contribution is -2.53. The minimum Gasteiger partial charge on any atom is -0.355 e. The van der Waals surface area contributed by atoms with E-state index in [1.165, 1.54) is 29.2 Å². The summed E-state index contributed by atoms with van der Waals surface area (Å²) in [6, 6.07) is 17.7. The van der Waals surface area contributed by atoms with Gasteiger partial charge < -0.3 is 10.2 Å². The number of carbonyl (C=O) groups excluding carboxylic acids is 2. The monoisotopic (exact) mass is 606 g/mol. The van der Waals surface area contributed by atoms with Crippen LogP contribution in [0.2, 0.25) is 10.0 Å². The molecule has 0 fully saturated rings. The first-order chi connectivity index (χ1) is 18.9. The number of nitro benzene ring substituents is 1. The van der Waals surface area contributed by atoms with Gasteiger partial charge in [0.2, 0.25) is 21.8 Å². The number of benzene rings is 3. The average molecular weight is 608 g/mol. The molecule has 0 saturated heterocycles. The highest BCUT2D eigenvalue weighted by Crippen LogP contribution is 2.26. The maximum atomic E-state index is 14.0. The van der Waals surface area contributed by atoms with Crippen LogP contribution in [0.25, 0.3) is 0 Å². The number of anilines is 1. The van der Waals surface area contributed by atoms with Crippen LogP contribution in [-0.4, -0.2) is 55.4 Å². The number of hydrogen-bond acceptors (Lipinski definition) is 6. The second-order valence-electron chi connectivity index (χ2n) is 8.90. The van der Waals surface area contributed by atoms with Crippen LogP contribution in [-0.2, 0) is 32.6 Å². The molecule has 0 aliphatic rings. The highest BCUT2D eigenvalue weighted by atomic mass is 35.5. The molecule has 0 heterocycles. The van der Waals surface area contributed by atoms with Gasteiger partial charge in [-0.3, -0.25) is 24.0 Å². The lowest BCUT2D eigenvalue weighted by Gasteiger charge is -2.33. The number of hydrogen-bond donors (Lipinski definition) is 1. The van der Waals surface area contributed by atoms with Crippen molar-refractivity contribution in [1.29, 1.82) is 0 Å². The van der Waals surface area contributed by atoms with Gasteiger partial charge in [0.25, 0.3) is 5.69 Å². The predicted octanol–water partition coefficient (Wildman–Crippen LogP) is 4.44. The molecule has 212 valence electrons. The van der Waals surface area contributed by atoms with Crippen molar-refractivity contribution in [2.45, 2.75) is 25.9 Å². The van der Waals surface area contributed by atoms with Crippen LogP contribution in [0.5, 0.6) is 0 Å². The van der Waals surface area contributed by atoms with E-state index in [0.717, 1.165) is 22.2 Å².